The van der Waals surface area contributed by atoms with Gasteiger partial charge in [0.2, 0.25) is 11.8 Å². The van der Waals surface area contributed by atoms with E-state index in [-0.39, 0.29) is 18.1 Å². The number of aromatic nitrogens is 2. The number of aliphatic hydroxyl groups excluding tert-OH is 1. The molecule has 1 aromatic heterocycles. The molecule has 8 heteroatoms. The predicted molar refractivity (Wildman–Crippen MR) is 70.1 cm³/mol. The Balaban J connectivity index is 2.23. The standard InChI is InChI=1S/C11H17N5O3/c1-2-5-12-10-13-6-8(16(18)19)9(14-10)15-11(7-17)3-4-11/h6,17H,2-5,7H2,1H3,(H2,12,13,14,15). The summed E-state index contributed by atoms with van der Waals surface area (Å²) in [5.41, 5.74) is -0.636. The molecule has 0 bridgehead atoms. The number of nitrogens with zero attached hydrogens (tertiary/aromatic N) is 3. The quantitative estimate of drug-likeness (QED) is 0.501. The first kappa shape index (κ1) is 13.5. The van der Waals surface area contributed by atoms with Gasteiger partial charge in [-0.1, -0.05) is 6.92 Å². The first-order valence-electron chi connectivity index (χ1n) is 6.24. The molecule has 1 heterocycles. The lowest BCUT2D eigenvalue weighted by molar-refractivity contribution is -0.384. The first-order valence-corrected chi connectivity index (χ1v) is 6.24. The predicted octanol–water partition coefficient (Wildman–Crippen LogP) is 1.14. The van der Waals surface area contributed by atoms with Gasteiger partial charge in [0, 0.05) is 6.54 Å². The molecule has 0 atom stereocenters. The highest BCUT2D eigenvalue weighted by molar-refractivity contribution is 5.59. The van der Waals surface area contributed by atoms with E-state index in [0.717, 1.165) is 19.3 Å². The Hall–Kier alpha value is -1.96. The van der Waals surface area contributed by atoms with Gasteiger partial charge >= 0.3 is 5.69 Å². The van der Waals surface area contributed by atoms with Gasteiger partial charge in [-0.15, -0.1) is 0 Å². The van der Waals surface area contributed by atoms with Crippen molar-refractivity contribution in [2.45, 2.75) is 31.7 Å². The number of aliphatic hydroxyl groups is 1. The zero-order chi connectivity index (χ0) is 13.9. The minimum Gasteiger partial charge on any atom is -0.394 e. The Morgan fingerprint density at radius 1 is 1.58 bits per heavy atom. The van der Waals surface area contributed by atoms with E-state index in [1.54, 1.807) is 0 Å². The Kier molecular flexibility index (Phi) is 3.79. The Morgan fingerprint density at radius 3 is 2.84 bits per heavy atom. The van der Waals surface area contributed by atoms with Crippen LogP contribution in [0.15, 0.2) is 6.20 Å². The summed E-state index contributed by atoms with van der Waals surface area (Å²) in [6.45, 7) is 2.64. The van der Waals surface area contributed by atoms with Crippen molar-refractivity contribution in [1.82, 2.24) is 9.97 Å². The molecule has 3 N–H and O–H groups in total. The van der Waals surface area contributed by atoms with Crippen molar-refractivity contribution < 1.29 is 10.0 Å². The second-order valence-electron chi connectivity index (χ2n) is 4.67. The number of hydrogen-bond donors (Lipinski definition) is 3. The van der Waals surface area contributed by atoms with Crippen LogP contribution < -0.4 is 10.6 Å². The van der Waals surface area contributed by atoms with Crippen molar-refractivity contribution in [3.05, 3.63) is 16.3 Å². The molecule has 0 amide bonds. The third-order valence-corrected chi connectivity index (χ3v) is 3.04. The summed E-state index contributed by atoms with van der Waals surface area (Å²) in [5.74, 6) is 0.508. The van der Waals surface area contributed by atoms with Gasteiger partial charge < -0.3 is 15.7 Å². The lowest BCUT2D eigenvalue weighted by Crippen LogP contribution is -2.27. The van der Waals surface area contributed by atoms with Crippen molar-refractivity contribution in [1.29, 1.82) is 0 Å². The van der Waals surface area contributed by atoms with E-state index in [9.17, 15) is 15.2 Å². The van der Waals surface area contributed by atoms with Gasteiger partial charge in [-0.3, -0.25) is 10.1 Å². The van der Waals surface area contributed by atoms with Crippen molar-refractivity contribution >= 4 is 17.5 Å². The summed E-state index contributed by atoms with van der Waals surface area (Å²) < 4.78 is 0. The lowest BCUT2D eigenvalue weighted by atomic mass is 10.3. The molecule has 0 aromatic carbocycles. The largest absolute Gasteiger partial charge is 0.394 e. The van der Waals surface area contributed by atoms with Crippen molar-refractivity contribution in [2.24, 2.45) is 0 Å². The zero-order valence-electron chi connectivity index (χ0n) is 10.7. The summed E-state index contributed by atoms with van der Waals surface area (Å²) in [6, 6.07) is 0. The SMILES string of the molecule is CCCNc1ncc([N+](=O)[O-])c(NC2(CO)CC2)n1. The summed E-state index contributed by atoms with van der Waals surface area (Å²) >= 11 is 0. The maximum Gasteiger partial charge on any atom is 0.329 e. The summed E-state index contributed by atoms with van der Waals surface area (Å²) in [5, 5.41) is 26.2. The van der Waals surface area contributed by atoms with Crippen LogP contribution in [0.3, 0.4) is 0 Å². The molecular formula is C11H17N5O3. The average Bonchev–Trinajstić information content (AvgIpc) is 3.16. The van der Waals surface area contributed by atoms with Crippen molar-refractivity contribution in [3.63, 3.8) is 0 Å². The molecule has 1 fully saturated rings. The van der Waals surface area contributed by atoms with Gasteiger partial charge in [-0.25, -0.2) is 4.98 Å². The van der Waals surface area contributed by atoms with Crippen LogP contribution in [-0.2, 0) is 0 Å². The molecule has 8 nitrogen and oxygen atoms in total. The van der Waals surface area contributed by atoms with Gasteiger partial charge in [0.1, 0.15) is 6.20 Å². The Morgan fingerprint density at radius 2 is 2.32 bits per heavy atom. The Labute approximate surface area is 110 Å². The summed E-state index contributed by atoms with van der Waals surface area (Å²) in [4.78, 5) is 18.4. The maximum atomic E-state index is 10.9. The van der Waals surface area contributed by atoms with E-state index >= 15 is 0 Å². The van der Waals surface area contributed by atoms with Gasteiger partial charge in [-0.2, -0.15) is 4.98 Å². The van der Waals surface area contributed by atoms with E-state index < -0.39 is 10.5 Å². The van der Waals surface area contributed by atoms with E-state index in [1.165, 1.54) is 6.20 Å². The van der Waals surface area contributed by atoms with Gasteiger partial charge in [0.25, 0.3) is 0 Å². The molecule has 1 aliphatic rings. The minimum atomic E-state index is -0.528. The molecule has 0 saturated heterocycles. The molecule has 19 heavy (non-hydrogen) atoms. The van der Waals surface area contributed by atoms with Crippen LogP contribution in [0.25, 0.3) is 0 Å². The molecule has 0 radical (unpaired) electrons. The van der Waals surface area contributed by atoms with Crippen molar-refractivity contribution in [3.8, 4) is 0 Å². The zero-order valence-corrected chi connectivity index (χ0v) is 10.7. The van der Waals surface area contributed by atoms with Crippen LogP contribution in [-0.4, -0.2) is 38.7 Å². The van der Waals surface area contributed by atoms with Crippen LogP contribution >= 0.6 is 0 Å². The fourth-order valence-corrected chi connectivity index (χ4v) is 1.65. The third kappa shape index (κ3) is 3.08. The van der Waals surface area contributed by atoms with Crippen LogP contribution in [0.2, 0.25) is 0 Å². The highest BCUT2D eigenvalue weighted by atomic mass is 16.6. The molecule has 0 unspecified atom stereocenters. The van der Waals surface area contributed by atoms with Crippen molar-refractivity contribution in [2.75, 3.05) is 23.8 Å². The summed E-state index contributed by atoms with van der Waals surface area (Å²) in [6.07, 6.45) is 3.65. The lowest BCUT2D eigenvalue weighted by Gasteiger charge is -2.15. The summed E-state index contributed by atoms with van der Waals surface area (Å²) in [7, 11) is 0. The van der Waals surface area contributed by atoms with E-state index in [1.807, 2.05) is 6.92 Å². The fourth-order valence-electron chi connectivity index (χ4n) is 1.65. The van der Waals surface area contributed by atoms with Crippen LogP contribution in [0.1, 0.15) is 26.2 Å². The van der Waals surface area contributed by atoms with Gasteiger partial charge in [0.15, 0.2) is 0 Å². The number of nitro groups is 1. The van der Waals surface area contributed by atoms with Gasteiger partial charge in [-0.05, 0) is 19.3 Å². The number of nitrogens with one attached hydrogen (secondary N) is 2. The normalized spacial score (nSPS) is 15.9. The maximum absolute atomic E-state index is 10.9. The second kappa shape index (κ2) is 5.35. The van der Waals surface area contributed by atoms with Crippen LogP contribution in [0, 0.1) is 10.1 Å². The average molecular weight is 267 g/mol. The van der Waals surface area contributed by atoms with E-state index in [2.05, 4.69) is 20.6 Å². The molecule has 2 rings (SSSR count). The number of hydrogen-bond acceptors (Lipinski definition) is 7. The third-order valence-electron chi connectivity index (χ3n) is 3.04. The molecule has 1 aliphatic carbocycles. The smallest absolute Gasteiger partial charge is 0.329 e. The van der Waals surface area contributed by atoms with E-state index in [4.69, 9.17) is 0 Å². The number of rotatable bonds is 7. The Bertz CT molecular complexity index is 475. The monoisotopic (exact) mass is 267 g/mol. The highest BCUT2D eigenvalue weighted by Gasteiger charge is 2.43. The number of anilines is 2. The van der Waals surface area contributed by atoms with Crippen LogP contribution in [0.5, 0.6) is 0 Å². The molecule has 0 spiro atoms. The first-order chi connectivity index (χ1) is 9.10. The molecular weight excluding hydrogens is 250 g/mol. The molecule has 104 valence electrons. The topological polar surface area (TPSA) is 113 Å². The minimum absolute atomic E-state index is 0.0636. The van der Waals surface area contributed by atoms with E-state index in [0.29, 0.717) is 12.5 Å². The second-order valence-corrected chi connectivity index (χ2v) is 4.67. The van der Waals surface area contributed by atoms with Crippen LogP contribution in [0.4, 0.5) is 17.5 Å². The molecule has 1 saturated carbocycles. The van der Waals surface area contributed by atoms with Gasteiger partial charge in [0.05, 0.1) is 17.1 Å². The highest BCUT2D eigenvalue weighted by Crippen LogP contribution is 2.39. The molecule has 0 aliphatic heterocycles. The fraction of sp³-hybridized carbons (Fsp3) is 0.636. The molecule has 1 aromatic rings.